The number of carbonyl (C=O) groups excluding carboxylic acids is 2. The maximum Gasteiger partial charge on any atom is 0.229 e. The number of nitrogens with zero attached hydrogens (tertiary/aromatic N) is 1. The van der Waals surface area contributed by atoms with E-state index in [-0.39, 0.29) is 17.7 Å². The van der Waals surface area contributed by atoms with Crippen LogP contribution in [0.5, 0.6) is 0 Å². The first-order valence-electron chi connectivity index (χ1n) is 7.12. The summed E-state index contributed by atoms with van der Waals surface area (Å²) in [5, 5.41) is 3.33. The van der Waals surface area contributed by atoms with Gasteiger partial charge in [-0.05, 0) is 43.7 Å². The van der Waals surface area contributed by atoms with Gasteiger partial charge >= 0.3 is 0 Å². The fourth-order valence-electron chi connectivity index (χ4n) is 2.89. The molecule has 0 aromatic rings. The summed E-state index contributed by atoms with van der Waals surface area (Å²) in [4.78, 5) is 25.7. The van der Waals surface area contributed by atoms with Gasteiger partial charge in [-0.15, -0.1) is 0 Å². The predicted octanol–water partition coefficient (Wildman–Crippen LogP) is 1.41. The molecule has 2 heterocycles. The molecule has 4 nitrogen and oxygen atoms in total. The van der Waals surface area contributed by atoms with Crippen LogP contribution in [0.2, 0.25) is 0 Å². The molecule has 0 bridgehead atoms. The maximum atomic E-state index is 12.1. The topological polar surface area (TPSA) is 49.4 Å². The molecule has 0 spiro atoms. The summed E-state index contributed by atoms with van der Waals surface area (Å²) in [6, 6.07) is 0. The molecule has 0 saturated carbocycles. The lowest BCUT2D eigenvalue weighted by Crippen LogP contribution is -2.48. The van der Waals surface area contributed by atoms with Crippen molar-refractivity contribution < 1.29 is 9.59 Å². The Hall–Kier alpha value is -0.900. The number of likely N-dealkylation sites (tertiary alicyclic amines) is 1. The van der Waals surface area contributed by atoms with Crippen LogP contribution in [-0.4, -0.2) is 36.3 Å². The summed E-state index contributed by atoms with van der Waals surface area (Å²) in [5.74, 6) is 1.18. The molecule has 2 aliphatic heterocycles. The first kappa shape index (κ1) is 13.5. The molecule has 1 atom stereocenters. The second kappa shape index (κ2) is 5.83. The van der Waals surface area contributed by atoms with Gasteiger partial charge in [0.25, 0.3) is 0 Å². The normalized spacial score (nSPS) is 27.1. The highest BCUT2D eigenvalue weighted by Crippen LogP contribution is 2.27. The minimum atomic E-state index is 0.0375. The summed E-state index contributed by atoms with van der Waals surface area (Å²) in [5.41, 5.74) is 0. The molecule has 2 fully saturated rings. The molecule has 0 radical (unpaired) electrons. The summed E-state index contributed by atoms with van der Waals surface area (Å²) in [6.45, 7) is 6.80. The highest BCUT2D eigenvalue weighted by molar-refractivity contribution is 5.97. The summed E-state index contributed by atoms with van der Waals surface area (Å²) in [6.07, 6.45) is 3.36. The monoisotopic (exact) mass is 252 g/mol. The number of hydrogen-bond donors (Lipinski definition) is 1. The highest BCUT2D eigenvalue weighted by Gasteiger charge is 2.35. The number of rotatable bonds is 3. The molecule has 18 heavy (non-hydrogen) atoms. The van der Waals surface area contributed by atoms with E-state index in [1.165, 1.54) is 4.90 Å². The van der Waals surface area contributed by atoms with Crippen molar-refractivity contribution in [2.45, 2.75) is 39.5 Å². The molecule has 4 heteroatoms. The van der Waals surface area contributed by atoms with E-state index >= 15 is 0 Å². The number of hydrogen-bond acceptors (Lipinski definition) is 3. The van der Waals surface area contributed by atoms with Gasteiger partial charge in [-0.1, -0.05) is 13.8 Å². The third kappa shape index (κ3) is 3.10. The van der Waals surface area contributed by atoms with E-state index in [2.05, 4.69) is 19.2 Å². The van der Waals surface area contributed by atoms with Gasteiger partial charge in [0.2, 0.25) is 11.8 Å². The molecule has 2 aliphatic rings. The first-order valence-corrected chi connectivity index (χ1v) is 7.12. The average molecular weight is 252 g/mol. The number of amides is 2. The predicted molar refractivity (Wildman–Crippen MR) is 69.9 cm³/mol. The van der Waals surface area contributed by atoms with Crippen molar-refractivity contribution in [2.24, 2.45) is 17.8 Å². The lowest BCUT2D eigenvalue weighted by Gasteiger charge is -2.35. The molecule has 2 saturated heterocycles. The van der Waals surface area contributed by atoms with Crippen LogP contribution in [0.1, 0.15) is 39.5 Å². The van der Waals surface area contributed by atoms with Crippen LogP contribution in [0.15, 0.2) is 0 Å². The van der Waals surface area contributed by atoms with Crippen LogP contribution in [0.3, 0.4) is 0 Å². The quantitative estimate of drug-likeness (QED) is 0.773. The Balaban J connectivity index is 1.92. The zero-order valence-corrected chi connectivity index (χ0v) is 11.4. The van der Waals surface area contributed by atoms with Crippen molar-refractivity contribution in [1.82, 2.24) is 10.2 Å². The number of piperidine rings is 2. The van der Waals surface area contributed by atoms with Crippen LogP contribution in [-0.2, 0) is 9.59 Å². The van der Waals surface area contributed by atoms with E-state index in [1.54, 1.807) is 0 Å². The van der Waals surface area contributed by atoms with Crippen LogP contribution < -0.4 is 5.32 Å². The average Bonchev–Trinajstić information content (AvgIpc) is 2.34. The van der Waals surface area contributed by atoms with E-state index in [4.69, 9.17) is 0 Å². The molecule has 1 N–H and O–H groups in total. The molecular weight excluding hydrogens is 228 g/mol. The maximum absolute atomic E-state index is 12.1. The molecule has 0 aromatic heterocycles. The van der Waals surface area contributed by atoms with Gasteiger partial charge in [-0.2, -0.15) is 0 Å². The number of nitrogens with one attached hydrogen (secondary N) is 1. The summed E-state index contributed by atoms with van der Waals surface area (Å²) >= 11 is 0. The third-order valence-electron chi connectivity index (χ3n) is 4.26. The second-order valence-corrected chi connectivity index (χ2v) is 6.02. The second-order valence-electron chi connectivity index (χ2n) is 6.02. The lowest BCUT2D eigenvalue weighted by atomic mass is 9.85. The fraction of sp³-hybridized carbons (Fsp3) is 0.857. The number of imide groups is 1. The number of carbonyl (C=O) groups is 2. The van der Waals surface area contributed by atoms with Crippen molar-refractivity contribution in [3.63, 3.8) is 0 Å². The van der Waals surface area contributed by atoms with Gasteiger partial charge < -0.3 is 5.32 Å². The Bertz CT molecular complexity index is 304. The minimum Gasteiger partial charge on any atom is -0.316 e. The molecule has 2 amide bonds. The Morgan fingerprint density at radius 1 is 1.28 bits per heavy atom. The summed E-state index contributed by atoms with van der Waals surface area (Å²) in [7, 11) is 0. The van der Waals surface area contributed by atoms with E-state index in [1.807, 2.05) is 0 Å². The largest absolute Gasteiger partial charge is 0.316 e. The van der Waals surface area contributed by atoms with Gasteiger partial charge in [0.1, 0.15) is 0 Å². The molecular formula is C14H24N2O2. The lowest BCUT2D eigenvalue weighted by molar-refractivity contribution is -0.151. The Morgan fingerprint density at radius 2 is 1.94 bits per heavy atom. The van der Waals surface area contributed by atoms with Crippen LogP contribution in [0, 0.1) is 17.8 Å². The van der Waals surface area contributed by atoms with Gasteiger partial charge in [0, 0.05) is 19.4 Å². The summed E-state index contributed by atoms with van der Waals surface area (Å²) < 4.78 is 0. The zero-order valence-electron chi connectivity index (χ0n) is 11.4. The van der Waals surface area contributed by atoms with Crippen molar-refractivity contribution in [3.8, 4) is 0 Å². The fourth-order valence-corrected chi connectivity index (χ4v) is 2.89. The van der Waals surface area contributed by atoms with E-state index in [9.17, 15) is 9.59 Å². The van der Waals surface area contributed by atoms with Gasteiger partial charge in [-0.3, -0.25) is 14.5 Å². The Kier molecular flexibility index (Phi) is 4.38. The van der Waals surface area contributed by atoms with E-state index in [0.29, 0.717) is 31.2 Å². The van der Waals surface area contributed by atoms with Crippen molar-refractivity contribution in [1.29, 1.82) is 0 Å². The zero-order chi connectivity index (χ0) is 13.1. The van der Waals surface area contributed by atoms with Crippen molar-refractivity contribution in [2.75, 3.05) is 19.6 Å². The molecule has 102 valence electrons. The van der Waals surface area contributed by atoms with Gasteiger partial charge in [0.15, 0.2) is 0 Å². The SMILES string of the molecule is CC(C)C1CC(=O)N(CC2CCCNC2)C(=O)C1. The third-order valence-corrected chi connectivity index (χ3v) is 4.26. The molecule has 0 aromatic carbocycles. The van der Waals surface area contributed by atoms with Gasteiger partial charge in [0.05, 0.1) is 0 Å². The smallest absolute Gasteiger partial charge is 0.229 e. The first-order chi connectivity index (χ1) is 8.58. The van der Waals surface area contributed by atoms with Crippen LogP contribution in [0.25, 0.3) is 0 Å². The molecule has 2 rings (SSSR count). The molecule has 0 aliphatic carbocycles. The Morgan fingerprint density at radius 3 is 2.44 bits per heavy atom. The van der Waals surface area contributed by atoms with E-state index < -0.39 is 0 Å². The standard InChI is InChI=1S/C14H24N2O2/c1-10(2)12-6-13(17)16(14(18)7-12)9-11-4-3-5-15-8-11/h10-12,15H,3-9H2,1-2H3. The van der Waals surface area contributed by atoms with Crippen molar-refractivity contribution >= 4 is 11.8 Å². The van der Waals surface area contributed by atoms with Crippen LogP contribution >= 0.6 is 0 Å². The van der Waals surface area contributed by atoms with E-state index in [0.717, 1.165) is 25.9 Å². The van der Waals surface area contributed by atoms with Crippen LogP contribution in [0.4, 0.5) is 0 Å². The highest BCUT2D eigenvalue weighted by atomic mass is 16.2. The van der Waals surface area contributed by atoms with Gasteiger partial charge in [-0.25, -0.2) is 0 Å². The molecule has 1 unspecified atom stereocenters. The van der Waals surface area contributed by atoms with Crippen molar-refractivity contribution in [3.05, 3.63) is 0 Å². The minimum absolute atomic E-state index is 0.0375. The Labute approximate surface area is 109 Å².